The van der Waals surface area contributed by atoms with Crippen LogP contribution >= 0.6 is 15.9 Å². The highest BCUT2D eigenvalue weighted by atomic mass is 79.9. The normalized spacial score (nSPS) is 9.85. The molecule has 0 spiro atoms. The molecule has 1 aromatic carbocycles. The monoisotopic (exact) mass is 342 g/mol. The Labute approximate surface area is 124 Å². The van der Waals surface area contributed by atoms with Crippen LogP contribution in [-0.4, -0.2) is 23.0 Å². The number of benzene rings is 1. The molecule has 20 heavy (non-hydrogen) atoms. The number of unbranched alkanes of at least 4 members (excludes halogenated alkanes) is 1. The molecule has 0 aliphatic heterocycles. The van der Waals surface area contributed by atoms with Crippen LogP contribution < -0.4 is 10.6 Å². The van der Waals surface area contributed by atoms with Gasteiger partial charge < -0.3 is 10.4 Å². The lowest BCUT2D eigenvalue weighted by Gasteiger charge is -2.06. The molecule has 0 aliphatic rings. The Bertz CT molecular complexity index is 505. The number of hydrogen-bond acceptors (Lipinski definition) is 3. The van der Waals surface area contributed by atoms with Gasteiger partial charge in [0.25, 0.3) is 0 Å². The van der Waals surface area contributed by atoms with Gasteiger partial charge in [0, 0.05) is 23.0 Å². The van der Waals surface area contributed by atoms with Crippen molar-refractivity contribution in [2.75, 3.05) is 5.32 Å². The summed E-state index contributed by atoms with van der Waals surface area (Å²) < 4.78 is 0.815. The minimum absolute atomic E-state index is 0.0253. The average Bonchev–Trinajstić information content (AvgIpc) is 2.34. The van der Waals surface area contributed by atoms with Gasteiger partial charge in [-0.1, -0.05) is 22.0 Å². The second-order valence-corrected chi connectivity index (χ2v) is 5.03. The van der Waals surface area contributed by atoms with E-state index in [-0.39, 0.29) is 12.8 Å². The van der Waals surface area contributed by atoms with Gasteiger partial charge in [-0.3, -0.25) is 14.9 Å². The minimum atomic E-state index is -0.891. The predicted octanol–water partition coefficient (Wildman–Crippen LogP) is 2.74. The van der Waals surface area contributed by atoms with Gasteiger partial charge in [0.15, 0.2) is 0 Å². The van der Waals surface area contributed by atoms with Crippen molar-refractivity contribution in [2.45, 2.75) is 25.7 Å². The molecule has 0 unspecified atom stereocenters. The Morgan fingerprint density at radius 3 is 2.50 bits per heavy atom. The van der Waals surface area contributed by atoms with E-state index in [0.717, 1.165) is 4.47 Å². The number of rotatable bonds is 6. The number of carboxylic acid groups (broad SMARTS) is 1. The Balaban J connectivity index is 2.28. The van der Waals surface area contributed by atoms with Gasteiger partial charge in [-0.15, -0.1) is 0 Å². The summed E-state index contributed by atoms with van der Waals surface area (Å²) in [7, 11) is 0. The van der Waals surface area contributed by atoms with Gasteiger partial charge in [0.05, 0.1) is 0 Å². The van der Waals surface area contributed by atoms with E-state index >= 15 is 0 Å². The highest BCUT2D eigenvalue weighted by Gasteiger charge is 2.08. The maximum atomic E-state index is 11.5. The van der Waals surface area contributed by atoms with Crippen LogP contribution in [0.15, 0.2) is 28.7 Å². The molecule has 108 valence electrons. The first-order valence-corrected chi connectivity index (χ1v) is 6.85. The van der Waals surface area contributed by atoms with Crippen LogP contribution in [0.5, 0.6) is 0 Å². The van der Waals surface area contributed by atoms with Gasteiger partial charge in [-0.05, 0) is 31.0 Å². The summed E-state index contributed by atoms with van der Waals surface area (Å²) in [4.78, 5) is 33.2. The molecule has 0 heterocycles. The van der Waals surface area contributed by atoms with E-state index in [1.165, 1.54) is 0 Å². The van der Waals surface area contributed by atoms with Gasteiger partial charge in [-0.2, -0.15) is 0 Å². The van der Waals surface area contributed by atoms with E-state index in [4.69, 9.17) is 5.11 Å². The van der Waals surface area contributed by atoms with Crippen molar-refractivity contribution in [3.8, 4) is 0 Å². The van der Waals surface area contributed by atoms with Crippen molar-refractivity contribution in [3.63, 3.8) is 0 Å². The average molecular weight is 343 g/mol. The summed E-state index contributed by atoms with van der Waals surface area (Å²) in [5.41, 5.74) is 0.565. The lowest BCUT2D eigenvalue weighted by atomic mass is 10.2. The number of imide groups is 1. The van der Waals surface area contributed by atoms with Crippen molar-refractivity contribution < 1.29 is 19.5 Å². The van der Waals surface area contributed by atoms with Crippen molar-refractivity contribution in [2.24, 2.45) is 0 Å². The summed E-state index contributed by atoms with van der Waals surface area (Å²) in [6.45, 7) is 0. The number of halogens is 1. The van der Waals surface area contributed by atoms with Crippen LogP contribution in [0.2, 0.25) is 0 Å². The Hall–Kier alpha value is -1.89. The van der Waals surface area contributed by atoms with E-state index < -0.39 is 17.9 Å². The van der Waals surface area contributed by atoms with Gasteiger partial charge >= 0.3 is 12.0 Å². The summed E-state index contributed by atoms with van der Waals surface area (Å²) in [5, 5.41) is 13.2. The fourth-order valence-corrected chi connectivity index (χ4v) is 1.88. The highest BCUT2D eigenvalue weighted by molar-refractivity contribution is 9.10. The van der Waals surface area contributed by atoms with Crippen LogP contribution in [0, 0.1) is 0 Å². The van der Waals surface area contributed by atoms with E-state index in [9.17, 15) is 14.4 Å². The number of nitrogens with one attached hydrogen (secondary N) is 2. The van der Waals surface area contributed by atoms with E-state index in [2.05, 4.69) is 26.6 Å². The SMILES string of the molecule is O=C(O)CCCCC(=O)NC(=O)Nc1cccc(Br)c1. The molecule has 7 heteroatoms. The summed E-state index contributed by atoms with van der Waals surface area (Å²) in [6, 6.07) is 6.37. The number of amides is 3. The van der Waals surface area contributed by atoms with Crippen molar-refractivity contribution in [1.29, 1.82) is 0 Å². The molecule has 1 aromatic rings. The summed E-state index contributed by atoms with van der Waals surface area (Å²) in [5.74, 6) is -1.32. The molecule has 3 N–H and O–H groups in total. The largest absolute Gasteiger partial charge is 0.481 e. The molecule has 0 bridgehead atoms. The molecule has 3 amide bonds. The van der Waals surface area contributed by atoms with Gasteiger partial charge in [-0.25, -0.2) is 4.79 Å². The minimum Gasteiger partial charge on any atom is -0.481 e. The Morgan fingerprint density at radius 1 is 1.15 bits per heavy atom. The predicted molar refractivity (Wildman–Crippen MR) is 77.4 cm³/mol. The number of aliphatic carboxylic acids is 1. The Morgan fingerprint density at radius 2 is 1.85 bits per heavy atom. The molecule has 1 rings (SSSR count). The fraction of sp³-hybridized carbons (Fsp3) is 0.308. The van der Waals surface area contributed by atoms with Gasteiger partial charge in [0.1, 0.15) is 0 Å². The zero-order chi connectivity index (χ0) is 15.0. The lowest BCUT2D eigenvalue weighted by Crippen LogP contribution is -2.34. The molecule has 0 radical (unpaired) electrons. The molecule has 0 saturated heterocycles. The van der Waals surface area contributed by atoms with Crippen molar-refractivity contribution >= 4 is 39.5 Å². The third kappa shape index (κ3) is 6.89. The number of carbonyl (C=O) groups is 3. The molecular formula is C13H15BrN2O4. The zero-order valence-corrected chi connectivity index (χ0v) is 12.3. The van der Waals surface area contributed by atoms with Crippen LogP contribution in [0.3, 0.4) is 0 Å². The topological polar surface area (TPSA) is 95.5 Å². The first-order chi connectivity index (χ1) is 9.47. The number of anilines is 1. The first kappa shape index (κ1) is 16.2. The molecule has 0 fully saturated rings. The lowest BCUT2D eigenvalue weighted by molar-refractivity contribution is -0.137. The van der Waals surface area contributed by atoms with Crippen LogP contribution in [0.1, 0.15) is 25.7 Å². The quantitative estimate of drug-likeness (QED) is 0.692. The molecule has 0 aliphatic carbocycles. The van der Waals surface area contributed by atoms with Crippen LogP contribution in [0.4, 0.5) is 10.5 Å². The maximum Gasteiger partial charge on any atom is 0.325 e. The molecule has 0 saturated carbocycles. The summed E-state index contributed by atoms with van der Waals surface area (Å²) in [6.07, 6.45) is 0.995. The fourth-order valence-electron chi connectivity index (χ4n) is 1.48. The molecular weight excluding hydrogens is 328 g/mol. The zero-order valence-electron chi connectivity index (χ0n) is 10.7. The second-order valence-electron chi connectivity index (χ2n) is 4.11. The van der Waals surface area contributed by atoms with E-state index in [1.807, 2.05) is 6.07 Å². The van der Waals surface area contributed by atoms with E-state index in [1.54, 1.807) is 18.2 Å². The van der Waals surface area contributed by atoms with Crippen LogP contribution in [-0.2, 0) is 9.59 Å². The maximum absolute atomic E-state index is 11.5. The van der Waals surface area contributed by atoms with Crippen LogP contribution in [0.25, 0.3) is 0 Å². The number of carboxylic acids is 1. The smallest absolute Gasteiger partial charge is 0.325 e. The number of urea groups is 1. The summed E-state index contributed by atoms with van der Waals surface area (Å²) >= 11 is 3.27. The Kier molecular flexibility index (Phi) is 6.72. The first-order valence-electron chi connectivity index (χ1n) is 6.05. The van der Waals surface area contributed by atoms with Crippen molar-refractivity contribution in [1.82, 2.24) is 5.32 Å². The molecule has 6 nitrogen and oxygen atoms in total. The third-order valence-corrected chi connectivity index (χ3v) is 2.87. The third-order valence-electron chi connectivity index (χ3n) is 2.38. The van der Waals surface area contributed by atoms with E-state index in [0.29, 0.717) is 18.5 Å². The second kappa shape index (κ2) is 8.31. The number of hydrogen-bond donors (Lipinski definition) is 3. The highest BCUT2D eigenvalue weighted by Crippen LogP contribution is 2.15. The van der Waals surface area contributed by atoms with Gasteiger partial charge in [0.2, 0.25) is 5.91 Å². The number of carbonyl (C=O) groups excluding carboxylic acids is 2. The molecule has 0 atom stereocenters. The van der Waals surface area contributed by atoms with Crippen molar-refractivity contribution in [3.05, 3.63) is 28.7 Å². The molecule has 0 aromatic heterocycles. The standard InChI is InChI=1S/C13H15BrN2O4/c14-9-4-3-5-10(8-9)15-13(20)16-11(17)6-1-2-7-12(18)19/h3-5,8H,1-2,6-7H2,(H,18,19)(H2,15,16,17,20).